The smallest absolute Gasteiger partial charge is 0.275 e. The summed E-state index contributed by atoms with van der Waals surface area (Å²) < 4.78 is 30.1. The average molecular weight is 306 g/mol. The molecule has 1 N–H and O–H groups in total. The fourth-order valence-electron chi connectivity index (χ4n) is 1.48. The van der Waals surface area contributed by atoms with Crippen LogP contribution in [0.15, 0.2) is 21.6 Å². The Morgan fingerprint density at radius 1 is 1.32 bits per heavy atom. The standard InChI is InChI=1S/C12H22N2O3S2/c1-14(2)19(15,16)12-7-6-11(17-12)10-13-8-4-5-9-18-3/h6-7,13H,4-5,8-10H2,1-3H3. The van der Waals surface area contributed by atoms with Gasteiger partial charge < -0.3 is 9.73 Å². The van der Waals surface area contributed by atoms with E-state index in [-0.39, 0.29) is 5.09 Å². The third-order valence-corrected chi connectivity index (χ3v) is 5.01. The van der Waals surface area contributed by atoms with Crippen molar-refractivity contribution in [2.45, 2.75) is 24.5 Å². The molecule has 0 aliphatic carbocycles. The number of nitrogens with zero attached hydrogens (tertiary/aromatic N) is 1. The second-order valence-corrected chi connectivity index (χ2v) is 7.45. The van der Waals surface area contributed by atoms with Gasteiger partial charge in [-0.2, -0.15) is 11.8 Å². The number of furan rings is 1. The summed E-state index contributed by atoms with van der Waals surface area (Å²) in [6.07, 6.45) is 4.40. The van der Waals surface area contributed by atoms with E-state index in [0.29, 0.717) is 12.3 Å². The van der Waals surface area contributed by atoms with Crippen molar-refractivity contribution >= 4 is 21.8 Å². The molecule has 0 amide bonds. The molecule has 0 radical (unpaired) electrons. The van der Waals surface area contributed by atoms with E-state index in [2.05, 4.69) is 11.6 Å². The third kappa shape index (κ3) is 5.18. The number of rotatable bonds is 9. The molecule has 0 unspecified atom stereocenters. The highest BCUT2D eigenvalue weighted by Crippen LogP contribution is 2.16. The number of hydrogen-bond donors (Lipinski definition) is 1. The molecule has 1 heterocycles. The number of unbranched alkanes of at least 4 members (excludes halogenated alkanes) is 1. The van der Waals surface area contributed by atoms with Crippen molar-refractivity contribution < 1.29 is 12.8 Å². The predicted octanol–water partition coefficient (Wildman–Crippen LogP) is 1.76. The van der Waals surface area contributed by atoms with Crippen molar-refractivity contribution in [1.29, 1.82) is 0 Å². The van der Waals surface area contributed by atoms with E-state index in [0.717, 1.165) is 17.3 Å². The molecule has 1 aromatic rings. The minimum Gasteiger partial charge on any atom is -0.447 e. The van der Waals surface area contributed by atoms with Crippen LogP contribution in [0.2, 0.25) is 0 Å². The van der Waals surface area contributed by atoms with Crippen LogP contribution in [0.5, 0.6) is 0 Å². The lowest BCUT2D eigenvalue weighted by molar-refractivity contribution is 0.389. The first kappa shape index (κ1) is 16.6. The highest BCUT2D eigenvalue weighted by Gasteiger charge is 2.21. The van der Waals surface area contributed by atoms with Gasteiger partial charge in [0.1, 0.15) is 5.76 Å². The van der Waals surface area contributed by atoms with Crippen LogP contribution in [0.1, 0.15) is 18.6 Å². The van der Waals surface area contributed by atoms with Gasteiger partial charge in [0.2, 0.25) is 5.09 Å². The highest BCUT2D eigenvalue weighted by atomic mass is 32.2. The van der Waals surface area contributed by atoms with E-state index >= 15 is 0 Å². The fraction of sp³-hybridized carbons (Fsp3) is 0.667. The second-order valence-electron chi connectivity index (χ2n) is 4.38. The minimum absolute atomic E-state index is 0.00307. The van der Waals surface area contributed by atoms with Crippen LogP contribution in [0.4, 0.5) is 0 Å². The van der Waals surface area contributed by atoms with E-state index in [1.807, 2.05) is 11.8 Å². The van der Waals surface area contributed by atoms with Gasteiger partial charge in [0.15, 0.2) is 0 Å². The lowest BCUT2D eigenvalue weighted by Gasteiger charge is -2.07. The topological polar surface area (TPSA) is 62.6 Å². The quantitative estimate of drug-likeness (QED) is 0.704. The molecule has 0 aromatic carbocycles. The van der Waals surface area contributed by atoms with Gasteiger partial charge in [0.25, 0.3) is 10.0 Å². The van der Waals surface area contributed by atoms with Crippen LogP contribution in [0.3, 0.4) is 0 Å². The van der Waals surface area contributed by atoms with E-state index in [4.69, 9.17) is 4.42 Å². The summed E-state index contributed by atoms with van der Waals surface area (Å²) in [7, 11) is -0.487. The zero-order valence-corrected chi connectivity index (χ0v) is 13.3. The van der Waals surface area contributed by atoms with E-state index < -0.39 is 10.0 Å². The molecule has 0 aliphatic rings. The van der Waals surface area contributed by atoms with Crippen molar-refractivity contribution in [2.24, 2.45) is 0 Å². The SMILES string of the molecule is CSCCCCNCc1ccc(S(=O)(=O)N(C)C)o1. The van der Waals surface area contributed by atoms with Gasteiger partial charge in [-0.05, 0) is 43.5 Å². The highest BCUT2D eigenvalue weighted by molar-refractivity contribution is 7.98. The molecule has 7 heteroatoms. The molecule has 0 spiro atoms. The maximum absolute atomic E-state index is 11.8. The Labute approximate surface area is 119 Å². The number of thioether (sulfide) groups is 1. The second kappa shape index (κ2) is 7.94. The Morgan fingerprint density at radius 3 is 2.68 bits per heavy atom. The van der Waals surface area contributed by atoms with Crippen LogP contribution in [-0.4, -0.2) is 45.4 Å². The molecule has 5 nitrogen and oxygen atoms in total. The van der Waals surface area contributed by atoms with Crippen molar-refractivity contribution in [1.82, 2.24) is 9.62 Å². The molecule has 110 valence electrons. The molecular formula is C12H22N2O3S2. The van der Waals surface area contributed by atoms with Crippen LogP contribution >= 0.6 is 11.8 Å². The van der Waals surface area contributed by atoms with Gasteiger partial charge >= 0.3 is 0 Å². The van der Waals surface area contributed by atoms with Crippen LogP contribution < -0.4 is 5.32 Å². The van der Waals surface area contributed by atoms with Crippen molar-refractivity contribution in [3.63, 3.8) is 0 Å². The summed E-state index contributed by atoms with van der Waals surface area (Å²) in [4.78, 5) is 0. The minimum atomic E-state index is -3.46. The Kier molecular flexibility index (Phi) is 6.92. The van der Waals surface area contributed by atoms with E-state index in [1.54, 1.807) is 6.07 Å². The summed E-state index contributed by atoms with van der Waals surface area (Å²) in [6, 6.07) is 3.20. The summed E-state index contributed by atoms with van der Waals surface area (Å²) in [5, 5.41) is 3.24. The Morgan fingerprint density at radius 2 is 2.05 bits per heavy atom. The number of nitrogens with one attached hydrogen (secondary N) is 1. The Hall–Kier alpha value is -0.500. The molecule has 0 bridgehead atoms. The van der Waals surface area contributed by atoms with E-state index in [9.17, 15) is 8.42 Å². The molecule has 0 atom stereocenters. The first-order chi connectivity index (χ1) is 8.98. The van der Waals surface area contributed by atoms with Gasteiger partial charge in [-0.3, -0.25) is 0 Å². The molecule has 0 saturated carbocycles. The van der Waals surface area contributed by atoms with Gasteiger partial charge in [-0.15, -0.1) is 0 Å². The Balaban J connectivity index is 2.40. The Bertz CT molecular complexity index is 469. The van der Waals surface area contributed by atoms with Crippen LogP contribution in [0, 0.1) is 0 Å². The first-order valence-electron chi connectivity index (χ1n) is 6.19. The van der Waals surface area contributed by atoms with Crippen molar-refractivity contribution in [3.8, 4) is 0 Å². The average Bonchev–Trinajstić information content (AvgIpc) is 2.82. The van der Waals surface area contributed by atoms with E-state index in [1.165, 1.54) is 32.3 Å². The molecule has 0 saturated heterocycles. The first-order valence-corrected chi connectivity index (χ1v) is 9.02. The zero-order chi connectivity index (χ0) is 14.3. The van der Waals surface area contributed by atoms with Crippen LogP contribution in [0.25, 0.3) is 0 Å². The van der Waals surface area contributed by atoms with Crippen molar-refractivity contribution in [3.05, 3.63) is 17.9 Å². The van der Waals surface area contributed by atoms with Gasteiger partial charge in [-0.25, -0.2) is 12.7 Å². The summed E-state index contributed by atoms with van der Waals surface area (Å²) in [6.45, 7) is 1.47. The molecule has 19 heavy (non-hydrogen) atoms. The van der Waals surface area contributed by atoms with Crippen molar-refractivity contribution in [2.75, 3.05) is 32.6 Å². The molecule has 1 aromatic heterocycles. The largest absolute Gasteiger partial charge is 0.447 e. The zero-order valence-electron chi connectivity index (χ0n) is 11.7. The number of sulfonamides is 1. The monoisotopic (exact) mass is 306 g/mol. The molecule has 0 aliphatic heterocycles. The van der Waals surface area contributed by atoms with Crippen LogP contribution in [-0.2, 0) is 16.6 Å². The molecule has 0 fully saturated rings. The van der Waals surface area contributed by atoms with Gasteiger partial charge in [0.05, 0.1) is 6.54 Å². The summed E-state index contributed by atoms with van der Waals surface area (Å²) in [5.41, 5.74) is 0. The molecular weight excluding hydrogens is 284 g/mol. The number of hydrogen-bond acceptors (Lipinski definition) is 5. The normalized spacial score (nSPS) is 12.2. The summed E-state index contributed by atoms with van der Waals surface area (Å²) in [5.74, 6) is 1.82. The third-order valence-electron chi connectivity index (χ3n) is 2.62. The summed E-state index contributed by atoms with van der Waals surface area (Å²) >= 11 is 1.85. The maximum atomic E-state index is 11.8. The lowest BCUT2D eigenvalue weighted by Crippen LogP contribution is -2.21. The lowest BCUT2D eigenvalue weighted by atomic mass is 10.3. The molecule has 1 rings (SSSR count). The fourth-order valence-corrected chi connectivity index (χ4v) is 2.78. The predicted molar refractivity (Wildman–Crippen MR) is 78.9 cm³/mol. The van der Waals surface area contributed by atoms with Gasteiger partial charge in [0, 0.05) is 14.1 Å². The van der Waals surface area contributed by atoms with Gasteiger partial charge in [-0.1, -0.05) is 0 Å². The maximum Gasteiger partial charge on any atom is 0.275 e.